The molecule has 0 saturated carbocycles. The third-order valence-electron chi connectivity index (χ3n) is 2.40. The van der Waals surface area contributed by atoms with Gasteiger partial charge in [-0.1, -0.05) is 12.1 Å². The van der Waals surface area contributed by atoms with Crippen molar-refractivity contribution < 1.29 is 4.79 Å². The predicted molar refractivity (Wildman–Crippen MR) is 68.2 cm³/mol. The van der Waals surface area contributed by atoms with Gasteiger partial charge in [0.25, 0.3) is 5.91 Å². The number of amides is 1. The second-order valence-corrected chi connectivity index (χ2v) is 4.45. The molecule has 0 atom stereocenters. The molecule has 0 spiro atoms. The van der Waals surface area contributed by atoms with E-state index in [1.807, 2.05) is 17.5 Å². The molecule has 1 aromatic carbocycles. The van der Waals surface area contributed by atoms with E-state index in [0.29, 0.717) is 10.4 Å². The fourth-order valence-corrected chi connectivity index (χ4v) is 2.17. The fourth-order valence-electron chi connectivity index (χ4n) is 1.47. The molecule has 0 saturated heterocycles. The molecule has 1 aromatic heterocycles. The smallest absolute Gasteiger partial charge is 0.268 e. The molecule has 0 unspecified atom stereocenters. The van der Waals surface area contributed by atoms with Crippen LogP contribution in [0.5, 0.6) is 0 Å². The summed E-state index contributed by atoms with van der Waals surface area (Å²) >= 11 is 1.41. The van der Waals surface area contributed by atoms with Crippen LogP contribution in [-0.2, 0) is 0 Å². The van der Waals surface area contributed by atoms with E-state index in [0.717, 1.165) is 5.69 Å². The van der Waals surface area contributed by atoms with Crippen molar-refractivity contribution in [2.45, 2.75) is 0 Å². The number of thiophene rings is 1. The van der Waals surface area contributed by atoms with E-state index >= 15 is 0 Å². The fraction of sp³-hybridized carbons (Fsp3) is 0.0769. The number of hydrogen-bond donors (Lipinski definition) is 0. The van der Waals surface area contributed by atoms with E-state index in [2.05, 4.69) is 6.07 Å². The Bertz CT molecular complexity index is 569. The van der Waals surface area contributed by atoms with Crippen molar-refractivity contribution in [3.05, 3.63) is 52.2 Å². The molecule has 0 aliphatic heterocycles. The Hall–Kier alpha value is -2.12. The standard InChI is InChI=1S/C13H10N2OS/c1-15(13(16)12-6-3-7-17-12)11-5-2-4-10(8-11)9-14/h2-8H,1H3. The van der Waals surface area contributed by atoms with Crippen molar-refractivity contribution in [1.82, 2.24) is 0 Å². The van der Waals surface area contributed by atoms with Gasteiger partial charge in [-0.2, -0.15) is 5.26 Å². The number of benzene rings is 1. The molecule has 0 aliphatic carbocycles. The average molecular weight is 242 g/mol. The van der Waals surface area contributed by atoms with E-state index in [-0.39, 0.29) is 5.91 Å². The summed E-state index contributed by atoms with van der Waals surface area (Å²) in [4.78, 5) is 14.3. The first kappa shape index (κ1) is 11.4. The first-order chi connectivity index (χ1) is 8.22. The molecule has 4 heteroatoms. The molecule has 1 heterocycles. The summed E-state index contributed by atoms with van der Waals surface area (Å²) in [6, 6.07) is 12.7. The van der Waals surface area contributed by atoms with E-state index in [1.165, 1.54) is 11.3 Å². The zero-order valence-electron chi connectivity index (χ0n) is 9.25. The van der Waals surface area contributed by atoms with Crippen molar-refractivity contribution in [3.8, 4) is 6.07 Å². The molecular weight excluding hydrogens is 232 g/mol. The van der Waals surface area contributed by atoms with Crippen molar-refractivity contribution in [1.29, 1.82) is 5.26 Å². The average Bonchev–Trinajstić information content (AvgIpc) is 2.91. The summed E-state index contributed by atoms with van der Waals surface area (Å²) in [6.07, 6.45) is 0. The number of hydrogen-bond acceptors (Lipinski definition) is 3. The summed E-state index contributed by atoms with van der Waals surface area (Å²) in [6.45, 7) is 0. The molecule has 0 aliphatic rings. The van der Waals surface area contributed by atoms with Gasteiger partial charge >= 0.3 is 0 Å². The van der Waals surface area contributed by atoms with Crippen LogP contribution < -0.4 is 4.90 Å². The first-order valence-electron chi connectivity index (χ1n) is 5.04. The van der Waals surface area contributed by atoms with Crippen LogP contribution in [-0.4, -0.2) is 13.0 Å². The van der Waals surface area contributed by atoms with Crippen molar-refractivity contribution in [3.63, 3.8) is 0 Å². The second-order valence-electron chi connectivity index (χ2n) is 3.50. The lowest BCUT2D eigenvalue weighted by molar-refractivity contribution is 0.0997. The maximum Gasteiger partial charge on any atom is 0.268 e. The molecule has 0 radical (unpaired) electrons. The van der Waals surface area contributed by atoms with Crippen LogP contribution in [0.4, 0.5) is 5.69 Å². The number of carbonyl (C=O) groups is 1. The van der Waals surface area contributed by atoms with Gasteiger partial charge in [-0.05, 0) is 29.6 Å². The quantitative estimate of drug-likeness (QED) is 0.812. The van der Waals surface area contributed by atoms with Crippen LogP contribution in [0.1, 0.15) is 15.2 Å². The molecule has 0 bridgehead atoms. The molecule has 1 amide bonds. The zero-order chi connectivity index (χ0) is 12.3. The third kappa shape index (κ3) is 2.35. The zero-order valence-corrected chi connectivity index (χ0v) is 10.1. The van der Waals surface area contributed by atoms with Crippen LogP contribution in [0.2, 0.25) is 0 Å². The van der Waals surface area contributed by atoms with Crippen molar-refractivity contribution in [2.24, 2.45) is 0 Å². The number of anilines is 1. The summed E-state index contributed by atoms with van der Waals surface area (Å²) < 4.78 is 0. The van der Waals surface area contributed by atoms with Crippen LogP contribution in [0.3, 0.4) is 0 Å². The molecule has 3 nitrogen and oxygen atoms in total. The summed E-state index contributed by atoms with van der Waals surface area (Å²) in [5.74, 6) is -0.0601. The third-order valence-corrected chi connectivity index (χ3v) is 3.26. The topological polar surface area (TPSA) is 44.1 Å². The van der Waals surface area contributed by atoms with E-state index in [1.54, 1.807) is 36.2 Å². The van der Waals surface area contributed by atoms with E-state index < -0.39 is 0 Å². The van der Waals surface area contributed by atoms with Gasteiger partial charge in [-0.15, -0.1) is 11.3 Å². The Morgan fingerprint density at radius 3 is 2.82 bits per heavy atom. The van der Waals surface area contributed by atoms with Gasteiger partial charge in [-0.3, -0.25) is 4.79 Å². The number of rotatable bonds is 2. The van der Waals surface area contributed by atoms with Gasteiger partial charge in [-0.25, -0.2) is 0 Å². The van der Waals surface area contributed by atoms with Crippen molar-refractivity contribution >= 4 is 22.9 Å². The monoisotopic (exact) mass is 242 g/mol. The molecule has 2 aromatic rings. The van der Waals surface area contributed by atoms with Crippen LogP contribution in [0, 0.1) is 11.3 Å². The van der Waals surface area contributed by atoms with Crippen LogP contribution in [0.25, 0.3) is 0 Å². The maximum atomic E-state index is 12.1. The van der Waals surface area contributed by atoms with Crippen molar-refractivity contribution in [2.75, 3.05) is 11.9 Å². The van der Waals surface area contributed by atoms with Gasteiger partial charge in [0.05, 0.1) is 16.5 Å². The minimum Gasteiger partial charge on any atom is -0.311 e. The molecule has 2 rings (SSSR count). The van der Waals surface area contributed by atoms with E-state index in [4.69, 9.17) is 5.26 Å². The normalized spacial score (nSPS) is 9.65. The molecule has 84 valence electrons. The van der Waals surface area contributed by atoms with Gasteiger partial charge in [0.15, 0.2) is 0 Å². The lowest BCUT2D eigenvalue weighted by atomic mass is 10.2. The lowest BCUT2D eigenvalue weighted by Gasteiger charge is -2.16. The highest BCUT2D eigenvalue weighted by molar-refractivity contribution is 7.12. The maximum absolute atomic E-state index is 12.1. The summed E-state index contributed by atoms with van der Waals surface area (Å²) in [7, 11) is 1.71. The molecule has 0 fully saturated rings. The Morgan fingerprint density at radius 2 is 2.18 bits per heavy atom. The molecule has 17 heavy (non-hydrogen) atoms. The SMILES string of the molecule is CN(C(=O)c1cccs1)c1cccc(C#N)c1. The van der Waals surface area contributed by atoms with Gasteiger partial charge in [0.1, 0.15) is 0 Å². The molecule has 0 N–H and O–H groups in total. The number of carbonyl (C=O) groups excluding carboxylic acids is 1. The van der Waals surface area contributed by atoms with Crippen LogP contribution >= 0.6 is 11.3 Å². The highest BCUT2D eigenvalue weighted by Crippen LogP contribution is 2.19. The number of nitriles is 1. The second kappa shape index (κ2) is 4.81. The Kier molecular flexibility index (Phi) is 3.22. The largest absolute Gasteiger partial charge is 0.311 e. The summed E-state index contributed by atoms with van der Waals surface area (Å²) in [5, 5.41) is 10.7. The van der Waals surface area contributed by atoms with Gasteiger partial charge < -0.3 is 4.90 Å². The minimum atomic E-state index is -0.0601. The molecular formula is C13H10N2OS. The highest BCUT2D eigenvalue weighted by Gasteiger charge is 2.14. The van der Waals surface area contributed by atoms with E-state index in [9.17, 15) is 4.79 Å². The minimum absolute atomic E-state index is 0.0601. The van der Waals surface area contributed by atoms with Crippen LogP contribution in [0.15, 0.2) is 41.8 Å². The Labute approximate surface area is 104 Å². The predicted octanol–water partition coefficient (Wildman–Crippen LogP) is 2.90. The Balaban J connectivity index is 2.28. The number of nitrogens with zero attached hydrogens (tertiary/aromatic N) is 2. The van der Waals surface area contributed by atoms with Gasteiger partial charge in [0.2, 0.25) is 0 Å². The highest BCUT2D eigenvalue weighted by atomic mass is 32.1. The summed E-state index contributed by atoms with van der Waals surface area (Å²) in [5.41, 5.74) is 1.27. The first-order valence-corrected chi connectivity index (χ1v) is 5.92. The Morgan fingerprint density at radius 1 is 1.35 bits per heavy atom. The van der Waals surface area contributed by atoms with Gasteiger partial charge in [0, 0.05) is 12.7 Å². The lowest BCUT2D eigenvalue weighted by Crippen LogP contribution is -2.25.